The van der Waals surface area contributed by atoms with Crippen molar-refractivity contribution in [3.63, 3.8) is 0 Å². The quantitative estimate of drug-likeness (QED) is 0.778. The summed E-state index contributed by atoms with van der Waals surface area (Å²) in [5.41, 5.74) is 0.803. The van der Waals surface area contributed by atoms with Crippen LogP contribution in [0.25, 0.3) is 11.3 Å². The molecule has 1 aromatic carbocycles. The molecular formula is C18H19F2N5O. The third-order valence-electron chi connectivity index (χ3n) is 4.64. The van der Waals surface area contributed by atoms with Gasteiger partial charge in [-0.05, 0) is 12.1 Å². The monoisotopic (exact) mass is 359 g/mol. The highest BCUT2D eigenvalue weighted by molar-refractivity contribution is 5.59. The summed E-state index contributed by atoms with van der Waals surface area (Å²) in [6.45, 7) is 2.54. The van der Waals surface area contributed by atoms with Gasteiger partial charge in [-0.15, -0.1) is 0 Å². The zero-order valence-electron chi connectivity index (χ0n) is 14.3. The zero-order chi connectivity index (χ0) is 18.1. The maximum absolute atomic E-state index is 14.0. The number of benzene rings is 1. The highest BCUT2D eigenvalue weighted by Gasteiger charge is 2.28. The Labute approximate surface area is 149 Å². The minimum absolute atomic E-state index is 0.0855. The predicted octanol–water partition coefficient (Wildman–Crippen LogP) is 2.66. The fourth-order valence-corrected chi connectivity index (χ4v) is 3.16. The Hall–Kier alpha value is -2.58. The average Bonchev–Trinajstić information content (AvgIpc) is 3.25. The lowest BCUT2D eigenvalue weighted by atomic mass is 10.1. The first kappa shape index (κ1) is 16.9. The smallest absolute Gasteiger partial charge is 0.135 e. The lowest BCUT2D eigenvalue weighted by molar-refractivity contribution is -0.0170. The van der Waals surface area contributed by atoms with Crippen molar-refractivity contribution in [3.05, 3.63) is 60.1 Å². The van der Waals surface area contributed by atoms with Crippen molar-refractivity contribution in [1.82, 2.24) is 24.4 Å². The molecule has 1 saturated heterocycles. The third kappa shape index (κ3) is 3.25. The van der Waals surface area contributed by atoms with Gasteiger partial charge in [-0.25, -0.2) is 18.7 Å². The highest BCUT2D eigenvalue weighted by atomic mass is 19.1. The fourth-order valence-electron chi connectivity index (χ4n) is 3.16. The summed E-state index contributed by atoms with van der Waals surface area (Å²) in [4.78, 5) is 14.2. The van der Waals surface area contributed by atoms with Crippen LogP contribution in [-0.4, -0.2) is 44.2 Å². The van der Waals surface area contributed by atoms with Gasteiger partial charge >= 0.3 is 0 Å². The van der Waals surface area contributed by atoms with Crippen LogP contribution < -0.4 is 0 Å². The van der Waals surface area contributed by atoms with E-state index in [1.807, 2.05) is 17.8 Å². The van der Waals surface area contributed by atoms with Gasteiger partial charge in [0.05, 0.1) is 37.7 Å². The van der Waals surface area contributed by atoms with E-state index in [0.29, 0.717) is 31.3 Å². The second-order valence-corrected chi connectivity index (χ2v) is 6.32. The molecule has 1 aliphatic rings. The van der Waals surface area contributed by atoms with Crippen LogP contribution in [0.4, 0.5) is 8.78 Å². The number of imidazole rings is 2. The van der Waals surface area contributed by atoms with E-state index < -0.39 is 11.6 Å². The van der Waals surface area contributed by atoms with Crippen molar-refractivity contribution in [2.75, 3.05) is 19.8 Å². The number of aryl methyl sites for hydroxylation is 1. The van der Waals surface area contributed by atoms with Crippen LogP contribution in [0.2, 0.25) is 0 Å². The van der Waals surface area contributed by atoms with Crippen molar-refractivity contribution >= 4 is 0 Å². The predicted molar refractivity (Wildman–Crippen MR) is 91.1 cm³/mol. The van der Waals surface area contributed by atoms with E-state index in [1.165, 1.54) is 12.1 Å². The van der Waals surface area contributed by atoms with Crippen LogP contribution in [0.1, 0.15) is 17.7 Å². The van der Waals surface area contributed by atoms with E-state index >= 15 is 0 Å². The molecule has 4 rings (SSSR count). The number of H-pyrrole nitrogens is 1. The lowest BCUT2D eigenvalue weighted by Crippen LogP contribution is -2.40. The molecule has 0 saturated carbocycles. The number of aromatic amines is 1. The summed E-state index contributed by atoms with van der Waals surface area (Å²) in [6, 6.07) is 3.42. The number of ether oxygens (including phenoxy) is 1. The van der Waals surface area contributed by atoms with E-state index in [9.17, 15) is 8.78 Å². The van der Waals surface area contributed by atoms with Gasteiger partial charge in [0.25, 0.3) is 0 Å². The van der Waals surface area contributed by atoms with E-state index in [4.69, 9.17) is 4.74 Å². The maximum Gasteiger partial charge on any atom is 0.135 e. The van der Waals surface area contributed by atoms with Crippen molar-refractivity contribution in [2.24, 2.45) is 7.05 Å². The number of nitrogens with zero attached hydrogens (tertiary/aromatic N) is 4. The maximum atomic E-state index is 14.0. The Morgan fingerprint density at radius 2 is 2.19 bits per heavy atom. The first-order chi connectivity index (χ1) is 12.6. The number of hydrogen-bond donors (Lipinski definition) is 1. The first-order valence-corrected chi connectivity index (χ1v) is 8.40. The van der Waals surface area contributed by atoms with E-state index in [1.54, 1.807) is 12.4 Å². The molecule has 0 amide bonds. The lowest BCUT2D eigenvalue weighted by Gasteiger charge is -2.34. The molecule has 1 N–H and O–H groups in total. The number of morpholine rings is 1. The molecule has 2 aromatic heterocycles. The number of nitrogens with one attached hydrogen (secondary N) is 1. The molecule has 0 radical (unpaired) electrons. The van der Waals surface area contributed by atoms with Gasteiger partial charge in [-0.2, -0.15) is 0 Å². The first-order valence-electron chi connectivity index (χ1n) is 8.40. The van der Waals surface area contributed by atoms with E-state index in [0.717, 1.165) is 18.4 Å². The fraction of sp³-hybridized carbons (Fsp3) is 0.333. The van der Waals surface area contributed by atoms with Crippen LogP contribution >= 0.6 is 0 Å². The Bertz CT molecular complexity index is 907. The number of rotatable bonds is 4. The van der Waals surface area contributed by atoms with Gasteiger partial charge < -0.3 is 14.3 Å². The number of halogens is 2. The molecule has 136 valence electrons. The molecule has 1 aliphatic heterocycles. The molecule has 26 heavy (non-hydrogen) atoms. The second kappa shape index (κ2) is 6.97. The van der Waals surface area contributed by atoms with Crippen LogP contribution in [0.15, 0.2) is 36.8 Å². The summed E-state index contributed by atoms with van der Waals surface area (Å²) in [5.74, 6) is 0.420. The van der Waals surface area contributed by atoms with Crippen molar-refractivity contribution in [2.45, 2.75) is 12.6 Å². The molecule has 3 aromatic rings. The molecule has 6 nitrogen and oxygen atoms in total. The standard InChI is InChI=1S/C18H19F2N5O/c1-24-5-4-21-17(24)10-25-6-7-26-11-16(25)18-22-9-15(23-18)13-3-2-12(19)8-14(13)20/h2-5,8-9,16H,6-7,10-11H2,1H3,(H,22,23)/t16-/m0/s1. The van der Waals surface area contributed by atoms with E-state index in [-0.39, 0.29) is 11.6 Å². The van der Waals surface area contributed by atoms with Crippen molar-refractivity contribution < 1.29 is 13.5 Å². The van der Waals surface area contributed by atoms with Gasteiger partial charge in [0.1, 0.15) is 23.3 Å². The van der Waals surface area contributed by atoms with Gasteiger partial charge in [0.15, 0.2) is 0 Å². The third-order valence-corrected chi connectivity index (χ3v) is 4.64. The summed E-state index contributed by atoms with van der Waals surface area (Å²) in [5, 5.41) is 0. The molecule has 1 atom stereocenters. The zero-order valence-corrected chi connectivity index (χ0v) is 14.3. The van der Waals surface area contributed by atoms with Gasteiger partial charge in [0, 0.05) is 37.6 Å². The van der Waals surface area contributed by atoms with Gasteiger partial charge in [-0.1, -0.05) is 0 Å². The van der Waals surface area contributed by atoms with Crippen LogP contribution in [0, 0.1) is 11.6 Å². The molecule has 8 heteroatoms. The summed E-state index contributed by atoms with van der Waals surface area (Å²) >= 11 is 0. The van der Waals surface area contributed by atoms with Crippen LogP contribution in [0.3, 0.4) is 0 Å². The molecule has 0 bridgehead atoms. The van der Waals surface area contributed by atoms with Crippen molar-refractivity contribution in [1.29, 1.82) is 0 Å². The van der Waals surface area contributed by atoms with Crippen LogP contribution in [0.5, 0.6) is 0 Å². The molecule has 0 aliphatic carbocycles. The molecular weight excluding hydrogens is 340 g/mol. The topological polar surface area (TPSA) is 59.0 Å². The molecule has 1 fully saturated rings. The summed E-state index contributed by atoms with van der Waals surface area (Å²) in [7, 11) is 1.96. The largest absolute Gasteiger partial charge is 0.378 e. The van der Waals surface area contributed by atoms with Gasteiger partial charge in [-0.3, -0.25) is 4.90 Å². The minimum atomic E-state index is -0.620. The SMILES string of the molecule is Cn1ccnc1CN1CCOC[C@H]1c1ncc(-c2ccc(F)cc2F)[nH]1. The Kier molecular flexibility index (Phi) is 4.52. The van der Waals surface area contributed by atoms with E-state index in [2.05, 4.69) is 19.9 Å². The summed E-state index contributed by atoms with van der Waals surface area (Å²) < 4.78 is 34.8. The summed E-state index contributed by atoms with van der Waals surface area (Å²) in [6.07, 6.45) is 5.25. The highest BCUT2D eigenvalue weighted by Crippen LogP contribution is 2.27. The average molecular weight is 359 g/mol. The van der Waals surface area contributed by atoms with Gasteiger partial charge in [0.2, 0.25) is 0 Å². The Morgan fingerprint density at radius 1 is 1.31 bits per heavy atom. The molecule has 0 spiro atoms. The second-order valence-electron chi connectivity index (χ2n) is 6.32. The normalized spacial score (nSPS) is 18.3. The Morgan fingerprint density at radius 3 is 2.96 bits per heavy atom. The number of aromatic nitrogens is 4. The minimum Gasteiger partial charge on any atom is -0.378 e. The number of hydrogen-bond acceptors (Lipinski definition) is 4. The Balaban J connectivity index is 1.59. The molecule has 0 unspecified atom stereocenters. The van der Waals surface area contributed by atoms with Crippen molar-refractivity contribution in [3.8, 4) is 11.3 Å². The molecule has 3 heterocycles. The van der Waals surface area contributed by atoms with Crippen LogP contribution in [-0.2, 0) is 18.3 Å².